The zero-order valence-electron chi connectivity index (χ0n) is 12.8. The average molecular weight is 313 g/mol. The molecule has 0 aromatic heterocycles. The Labute approximate surface area is 132 Å². The van der Waals surface area contributed by atoms with E-state index in [-0.39, 0.29) is 24.2 Å². The van der Waals surface area contributed by atoms with Crippen LogP contribution in [0.15, 0.2) is 12.7 Å². The van der Waals surface area contributed by atoms with Crippen molar-refractivity contribution in [2.45, 2.75) is 57.6 Å². The van der Waals surface area contributed by atoms with Crippen LogP contribution in [0.1, 0.15) is 45.4 Å². The lowest BCUT2D eigenvalue weighted by Crippen LogP contribution is -2.41. The minimum atomic E-state index is -0.781. The van der Waals surface area contributed by atoms with Crippen LogP contribution in [0.4, 0.5) is 0 Å². The van der Waals surface area contributed by atoms with E-state index in [2.05, 4.69) is 24.5 Å². The van der Waals surface area contributed by atoms with Crippen molar-refractivity contribution in [2.24, 2.45) is 11.8 Å². The van der Waals surface area contributed by atoms with Gasteiger partial charge in [-0.3, -0.25) is 9.59 Å². The summed E-state index contributed by atoms with van der Waals surface area (Å²) in [5.41, 5.74) is 0. The van der Waals surface area contributed by atoms with Crippen LogP contribution in [0.2, 0.25) is 0 Å². The summed E-state index contributed by atoms with van der Waals surface area (Å²) in [6.45, 7) is 5.13. The van der Waals surface area contributed by atoms with Crippen LogP contribution in [0.3, 0.4) is 0 Å². The maximum absolute atomic E-state index is 12.3. The van der Waals surface area contributed by atoms with Crippen LogP contribution < -0.4 is 5.32 Å². The quantitative estimate of drug-likeness (QED) is 0.475. The van der Waals surface area contributed by atoms with Crippen LogP contribution >= 0.6 is 12.6 Å². The summed E-state index contributed by atoms with van der Waals surface area (Å²) in [6, 6.07) is 0.232. The van der Waals surface area contributed by atoms with Crippen LogP contribution in [-0.2, 0) is 9.59 Å². The molecule has 0 aromatic carbocycles. The van der Waals surface area contributed by atoms with Crippen LogP contribution in [0.5, 0.6) is 0 Å². The number of thiol groups is 1. The van der Waals surface area contributed by atoms with Gasteiger partial charge in [-0.15, -0.1) is 6.58 Å². The smallest absolute Gasteiger partial charge is 0.224 e. The molecule has 1 rings (SSSR count). The van der Waals surface area contributed by atoms with Gasteiger partial charge in [0.2, 0.25) is 5.91 Å². The van der Waals surface area contributed by atoms with Gasteiger partial charge in [0.15, 0.2) is 0 Å². The fourth-order valence-corrected chi connectivity index (χ4v) is 3.08. The first-order valence-electron chi connectivity index (χ1n) is 7.74. The van der Waals surface area contributed by atoms with Crippen molar-refractivity contribution < 1.29 is 14.7 Å². The van der Waals surface area contributed by atoms with Crippen LogP contribution in [0.25, 0.3) is 0 Å². The normalized spacial score (nSPS) is 20.3. The summed E-state index contributed by atoms with van der Waals surface area (Å²) in [4.78, 5) is 24.4. The second-order valence-electron chi connectivity index (χ2n) is 5.90. The lowest BCUT2D eigenvalue weighted by molar-refractivity contribution is -0.131. The number of ketones is 1. The summed E-state index contributed by atoms with van der Waals surface area (Å²) in [7, 11) is 0. The fraction of sp³-hybridized carbons (Fsp3) is 0.750. The second kappa shape index (κ2) is 9.26. The van der Waals surface area contributed by atoms with E-state index in [0.717, 1.165) is 25.7 Å². The van der Waals surface area contributed by atoms with Gasteiger partial charge in [-0.05, 0) is 19.8 Å². The Kier molecular flexibility index (Phi) is 8.04. The molecule has 0 saturated heterocycles. The third kappa shape index (κ3) is 5.83. The Bertz CT molecular complexity index is 365. The largest absolute Gasteiger partial charge is 0.392 e. The molecule has 5 heteroatoms. The number of rotatable bonds is 8. The Balaban J connectivity index is 2.54. The number of aliphatic hydroxyl groups is 1. The molecule has 2 N–H and O–H groups in total. The van der Waals surface area contributed by atoms with E-state index in [9.17, 15) is 14.7 Å². The molecular formula is C16H27NO3S. The third-order valence-corrected chi connectivity index (χ3v) is 4.58. The molecule has 4 nitrogen and oxygen atoms in total. The van der Waals surface area contributed by atoms with E-state index in [4.69, 9.17) is 0 Å². The first kappa shape index (κ1) is 18.2. The monoisotopic (exact) mass is 313 g/mol. The summed E-state index contributed by atoms with van der Waals surface area (Å²) in [6.07, 6.45) is 6.33. The lowest BCUT2D eigenvalue weighted by atomic mass is 9.90. The molecule has 0 spiro atoms. The molecule has 0 aliphatic heterocycles. The second-order valence-corrected chi connectivity index (χ2v) is 6.26. The molecule has 1 aliphatic rings. The molecule has 1 saturated carbocycles. The standard InChI is InChI=1S/C16H27NO3S/c1-3-14(11(2)18)15(19)9-12(10-21)16(20)17-13-7-5-4-6-8-13/h3,11-14,18,21H,1,4-10H2,2H3,(H,17,20)/t11-,12+,14+/m1/s1. The van der Waals surface area contributed by atoms with Crippen molar-refractivity contribution in [2.75, 3.05) is 5.75 Å². The number of carbonyl (C=O) groups is 2. The van der Waals surface area contributed by atoms with Gasteiger partial charge in [0.25, 0.3) is 0 Å². The maximum Gasteiger partial charge on any atom is 0.224 e. The SMILES string of the molecule is C=C[C@H](C(=O)C[C@@H](CS)C(=O)NC1CCCCC1)[C@@H](C)O. The highest BCUT2D eigenvalue weighted by atomic mass is 32.1. The molecule has 21 heavy (non-hydrogen) atoms. The molecule has 1 aliphatic carbocycles. The minimum Gasteiger partial charge on any atom is -0.392 e. The molecule has 0 radical (unpaired) electrons. The highest BCUT2D eigenvalue weighted by molar-refractivity contribution is 7.80. The van der Waals surface area contributed by atoms with Crippen molar-refractivity contribution >= 4 is 24.3 Å². The Hall–Kier alpha value is -0.810. The summed E-state index contributed by atoms with van der Waals surface area (Å²) < 4.78 is 0. The molecule has 1 amide bonds. The Morgan fingerprint density at radius 2 is 2.00 bits per heavy atom. The number of amides is 1. The van der Waals surface area contributed by atoms with Gasteiger partial charge in [0.05, 0.1) is 17.9 Å². The molecule has 0 aromatic rings. The van der Waals surface area contributed by atoms with E-state index in [0.29, 0.717) is 5.75 Å². The summed E-state index contributed by atoms with van der Waals surface area (Å²) in [5.74, 6) is -0.983. The van der Waals surface area contributed by atoms with Gasteiger partial charge in [-0.1, -0.05) is 25.3 Å². The third-order valence-electron chi connectivity index (χ3n) is 4.14. The van der Waals surface area contributed by atoms with Gasteiger partial charge >= 0.3 is 0 Å². The van der Waals surface area contributed by atoms with Gasteiger partial charge in [0, 0.05) is 18.2 Å². The van der Waals surface area contributed by atoms with Gasteiger partial charge < -0.3 is 10.4 Å². The number of aliphatic hydroxyl groups excluding tert-OH is 1. The first-order valence-corrected chi connectivity index (χ1v) is 8.37. The van der Waals surface area contributed by atoms with Crippen LogP contribution in [0, 0.1) is 11.8 Å². The van der Waals surface area contributed by atoms with Gasteiger partial charge in [-0.25, -0.2) is 0 Å². The van der Waals surface area contributed by atoms with E-state index in [1.54, 1.807) is 6.92 Å². The van der Waals surface area contributed by atoms with Crippen molar-refractivity contribution in [3.05, 3.63) is 12.7 Å². The summed E-state index contributed by atoms with van der Waals surface area (Å²) in [5, 5.41) is 12.6. The predicted octanol–water partition coefficient (Wildman–Crippen LogP) is 2.12. The Morgan fingerprint density at radius 3 is 2.48 bits per heavy atom. The van der Waals surface area contributed by atoms with E-state index < -0.39 is 17.9 Å². The fourth-order valence-electron chi connectivity index (χ4n) is 2.78. The van der Waals surface area contributed by atoms with Crippen molar-refractivity contribution in [1.82, 2.24) is 5.32 Å². The van der Waals surface area contributed by atoms with E-state index in [1.165, 1.54) is 12.5 Å². The molecule has 120 valence electrons. The predicted molar refractivity (Wildman–Crippen MR) is 87.4 cm³/mol. The number of hydrogen-bond acceptors (Lipinski definition) is 4. The minimum absolute atomic E-state index is 0.0985. The molecular weight excluding hydrogens is 286 g/mol. The van der Waals surface area contributed by atoms with E-state index in [1.807, 2.05) is 0 Å². The van der Waals surface area contributed by atoms with Crippen LogP contribution in [-0.4, -0.2) is 34.7 Å². The first-order chi connectivity index (χ1) is 9.99. The zero-order chi connectivity index (χ0) is 15.8. The summed E-state index contributed by atoms with van der Waals surface area (Å²) >= 11 is 4.20. The molecule has 0 unspecified atom stereocenters. The lowest BCUT2D eigenvalue weighted by Gasteiger charge is -2.25. The molecule has 0 heterocycles. The van der Waals surface area contributed by atoms with Crippen molar-refractivity contribution in [1.29, 1.82) is 0 Å². The van der Waals surface area contributed by atoms with Crippen molar-refractivity contribution in [3.63, 3.8) is 0 Å². The Morgan fingerprint density at radius 1 is 1.38 bits per heavy atom. The average Bonchev–Trinajstić information content (AvgIpc) is 2.46. The number of hydrogen-bond donors (Lipinski definition) is 3. The highest BCUT2D eigenvalue weighted by Crippen LogP contribution is 2.19. The molecule has 0 bridgehead atoms. The van der Waals surface area contributed by atoms with Gasteiger partial charge in [-0.2, -0.15) is 12.6 Å². The molecule has 1 fully saturated rings. The number of carbonyl (C=O) groups excluding carboxylic acids is 2. The highest BCUT2D eigenvalue weighted by Gasteiger charge is 2.28. The molecule has 3 atom stereocenters. The van der Waals surface area contributed by atoms with E-state index >= 15 is 0 Å². The zero-order valence-corrected chi connectivity index (χ0v) is 13.6. The number of Topliss-reactive ketones (excluding diaryl/α,β-unsaturated/α-hetero) is 1. The maximum atomic E-state index is 12.3. The van der Waals surface area contributed by atoms with Gasteiger partial charge in [0.1, 0.15) is 5.78 Å². The topological polar surface area (TPSA) is 66.4 Å². The van der Waals surface area contributed by atoms with Crippen molar-refractivity contribution in [3.8, 4) is 0 Å². The number of nitrogens with one attached hydrogen (secondary N) is 1.